The van der Waals surface area contributed by atoms with E-state index in [2.05, 4.69) is 27.6 Å². The molecule has 4 aromatic carbocycles. The van der Waals surface area contributed by atoms with Crippen LogP contribution in [0.4, 0.5) is 0 Å². The fraction of sp³-hybridized carbons (Fsp3) is 0.271. The highest BCUT2D eigenvalue weighted by Gasteiger charge is 2.33. The van der Waals surface area contributed by atoms with Crippen molar-refractivity contribution in [2.75, 3.05) is 6.54 Å². The van der Waals surface area contributed by atoms with Crippen LogP contribution in [0.25, 0.3) is 46.1 Å². The van der Waals surface area contributed by atoms with E-state index in [1.165, 1.54) is 11.6 Å². The molecule has 6 rings (SSSR count). The zero-order valence-electron chi connectivity index (χ0n) is 33.9. The Balaban J connectivity index is 1.19. The van der Waals surface area contributed by atoms with E-state index in [0.717, 1.165) is 57.6 Å². The molecule has 58 heavy (non-hydrogen) atoms. The fourth-order valence-electron chi connectivity index (χ4n) is 6.18. The van der Waals surface area contributed by atoms with Crippen molar-refractivity contribution in [1.29, 1.82) is 0 Å². The predicted octanol–water partition coefficient (Wildman–Crippen LogP) is 9.36. The van der Waals surface area contributed by atoms with Gasteiger partial charge in [-0.05, 0) is 88.8 Å². The van der Waals surface area contributed by atoms with Crippen LogP contribution in [0.3, 0.4) is 0 Å². The molecule has 2 heterocycles. The minimum absolute atomic E-state index is 0.136. The van der Waals surface area contributed by atoms with Gasteiger partial charge in [0.2, 0.25) is 12.0 Å². The molecule has 2 N–H and O–H groups in total. The lowest BCUT2D eigenvalue weighted by Gasteiger charge is -2.20. The van der Waals surface area contributed by atoms with E-state index in [0.29, 0.717) is 24.5 Å². The second-order valence-electron chi connectivity index (χ2n) is 16.1. The number of imidazole rings is 1. The maximum atomic E-state index is 12.6. The minimum Gasteiger partial charge on any atom is -0.457 e. The number of aromatic amines is 1. The highest BCUT2D eigenvalue weighted by Crippen LogP contribution is 2.34. The molecular formula is C48H50N4O6. The highest BCUT2D eigenvalue weighted by atomic mass is 16.7. The summed E-state index contributed by atoms with van der Waals surface area (Å²) < 4.78 is 10.9. The quantitative estimate of drug-likeness (QED) is 0.0692. The maximum Gasteiger partial charge on any atom is 0.351 e. The number of rotatable bonds is 13. The van der Waals surface area contributed by atoms with Crippen molar-refractivity contribution < 1.29 is 28.7 Å². The number of carbonyl (C=O) groups is 3. The number of benzene rings is 4. The molecule has 1 aliphatic rings. The van der Waals surface area contributed by atoms with Gasteiger partial charge < -0.3 is 24.6 Å². The van der Waals surface area contributed by atoms with E-state index >= 15 is 0 Å². The van der Waals surface area contributed by atoms with Crippen LogP contribution in [0.2, 0.25) is 0 Å². The summed E-state index contributed by atoms with van der Waals surface area (Å²) in [6, 6.07) is 33.7. The number of oxime groups is 1. The molecule has 0 fully saturated rings. The van der Waals surface area contributed by atoms with Crippen molar-refractivity contribution in [3.63, 3.8) is 0 Å². The summed E-state index contributed by atoms with van der Waals surface area (Å²) in [7, 11) is 0. The Morgan fingerprint density at radius 3 is 1.97 bits per heavy atom. The zero-order valence-corrected chi connectivity index (χ0v) is 33.9. The molecule has 298 valence electrons. The van der Waals surface area contributed by atoms with Crippen molar-refractivity contribution in [3.05, 3.63) is 138 Å². The summed E-state index contributed by atoms with van der Waals surface area (Å²) in [5.74, 6) is -0.318. The van der Waals surface area contributed by atoms with Crippen molar-refractivity contribution in [2.45, 2.75) is 78.1 Å². The third-order valence-corrected chi connectivity index (χ3v) is 8.95. The zero-order chi connectivity index (χ0) is 41.3. The highest BCUT2D eigenvalue weighted by molar-refractivity contribution is 6.04. The Labute approximate surface area is 340 Å². The summed E-state index contributed by atoms with van der Waals surface area (Å²) in [5, 5.41) is 7.16. The van der Waals surface area contributed by atoms with E-state index in [1.54, 1.807) is 18.2 Å². The first kappa shape index (κ1) is 41.1. The van der Waals surface area contributed by atoms with E-state index in [1.807, 2.05) is 133 Å². The number of aryl methyl sites for hydroxylation is 1. The van der Waals surface area contributed by atoms with Gasteiger partial charge in [-0.15, -0.1) is 0 Å². The van der Waals surface area contributed by atoms with Crippen LogP contribution in [0.5, 0.6) is 0 Å². The average Bonchev–Trinajstić information content (AvgIpc) is 3.87. The molecule has 0 saturated carbocycles. The molecule has 1 aliphatic heterocycles. The van der Waals surface area contributed by atoms with Gasteiger partial charge in [0.15, 0.2) is 0 Å². The molecule has 0 saturated heterocycles. The summed E-state index contributed by atoms with van der Waals surface area (Å²) in [4.78, 5) is 51.4. The van der Waals surface area contributed by atoms with Gasteiger partial charge in [-0.25, -0.2) is 14.6 Å². The summed E-state index contributed by atoms with van der Waals surface area (Å²) in [5.41, 5.74) is 7.47. The Bertz CT molecular complexity index is 2290. The minimum atomic E-state index is -0.786. The molecule has 0 radical (unpaired) electrons. The number of ether oxygens (including phenoxy) is 2. The van der Waals surface area contributed by atoms with E-state index in [-0.39, 0.29) is 5.91 Å². The van der Waals surface area contributed by atoms with E-state index < -0.39 is 29.2 Å². The van der Waals surface area contributed by atoms with Gasteiger partial charge in [0, 0.05) is 41.8 Å². The Morgan fingerprint density at radius 1 is 0.741 bits per heavy atom. The third kappa shape index (κ3) is 11.7. The number of hydrogen-bond acceptors (Lipinski definition) is 8. The first-order valence-electron chi connectivity index (χ1n) is 19.5. The number of amides is 1. The van der Waals surface area contributed by atoms with Crippen molar-refractivity contribution in [3.8, 4) is 33.9 Å². The van der Waals surface area contributed by atoms with Gasteiger partial charge in [0.05, 0.1) is 17.1 Å². The molecule has 10 nitrogen and oxygen atoms in total. The Kier molecular flexibility index (Phi) is 12.9. The van der Waals surface area contributed by atoms with Crippen molar-refractivity contribution in [2.24, 2.45) is 5.16 Å². The molecule has 0 bridgehead atoms. The summed E-state index contributed by atoms with van der Waals surface area (Å²) >= 11 is 0. The van der Waals surface area contributed by atoms with Crippen LogP contribution < -0.4 is 5.32 Å². The van der Waals surface area contributed by atoms with Crippen LogP contribution >= 0.6 is 0 Å². The number of nitrogens with zero attached hydrogens (tertiary/aromatic N) is 2. The molecule has 5 aromatic rings. The average molecular weight is 779 g/mol. The predicted molar refractivity (Wildman–Crippen MR) is 228 cm³/mol. The SMILES string of the molecule is CC(C)(C)OC(=O)/C=C/c1ccc(-c2nc(-c3ccc(C4=NOC(C(=O)OC(C)(C)C)C4)cc3)c(-c3ccc(/C=C/C(=O)NCCCc4ccccc4)cc3)[nH]2)cc1. The van der Waals surface area contributed by atoms with Gasteiger partial charge in [0.1, 0.15) is 17.0 Å². The molecule has 1 atom stereocenters. The number of hydrogen-bond donors (Lipinski definition) is 2. The number of aromatic nitrogens is 2. The number of nitrogens with one attached hydrogen (secondary N) is 2. The van der Waals surface area contributed by atoms with E-state index in [4.69, 9.17) is 19.3 Å². The molecule has 10 heteroatoms. The lowest BCUT2D eigenvalue weighted by molar-refractivity contribution is -0.166. The first-order valence-corrected chi connectivity index (χ1v) is 19.5. The van der Waals surface area contributed by atoms with Gasteiger partial charge in [-0.2, -0.15) is 0 Å². The monoisotopic (exact) mass is 778 g/mol. The third-order valence-electron chi connectivity index (χ3n) is 8.95. The van der Waals surface area contributed by atoms with Crippen LogP contribution in [0.1, 0.15) is 76.6 Å². The van der Waals surface area contributed by atoms with Crippen LogP contribution in [-0.2, 0) is 35.1 Å². The lowest BCUT2D eigenvalue weighted by atomic mass is 10.00. The Hall–Kier alpha value is -6.55. The van der Waals surface area contributed by atoms with Crippen LogP contribution in [0.15, 0.2) is 120 Å². The normalized spacial score (nSPS) is 14.3. The van der Waals surface area contributed by atoms with E-state index in [9.17, 15) is 14.4 Å². The van der Waals surface area contributed by atoms with Gasteiger partial charge in [0.25, 0.3) is 0 Å². The number of esters is 2. The molecular weight excluding hydrogens is 729 g/mol. The second-order valence-corrected chi connectivity index (χ2v) is 16.1. The maximum absolute atomic E-state index is 12.6. The first-order chi connectivity index (χ1) is 27.7. The summed E-state index contributed by atoms with van der Waals surface area (Å²) in [6.07, 6.45) is 7.80. The Morgan fingerprint density at radius 2 is 1.33 bits per heavy atom. The summed E-state index contributed by atoms with van der Waals surface area (Å²) in [6.45, 7) is 11.6. The van der Waals surface area contributed by atoms with Crippen LogP contribution in [-0.4, -0.2) is 57.4 Å². The van der Waals surface area contributed by atoms with Crippen molar-refractivity contribution in [1.82, 2.24) is 15.3 Å². The fourth-order valence-corrected chi connectivity index (χ4v) is 6.18. The molecule has 0 aliphatic carbocycles. The molecule has 1 amide bonds. The number of H-pyrrole nitrogens is 1. The second kappa shape index (κ2) is 18.1. The molecule has 1 unspecified atom stereocenters. The van der Waals surface area contributed by atoms with Gasteiger partial charge in [-0.1, -0.05) is 108 Å². The topological polar surface area (TPSA) is 132 Å². The molecule has 0 spiro atoms. The standard InChI is InChI=1S/C48H50N4O6/c1-47(2,3)56-42(54)29-19-34-16-22-38(23-17-34)45-50-43(36-20-14-33(15-21-36)18-28-41(53)49-30-10-13-32-11-8-7-9-12-32)44(51-45)37-26-24-35(25-27-37)39-31-40(58-52-39)46(55)57-48(4,5)6/h7-9,11-12,14-29,40H,10,13,30-31H2,1-6H3,(H,49,53)(H,50,51)/b28-18+,29-19+. The van der Waals surface area contributed by atoms with Crippen molar-refractivity contribution >= 4 is 35.7 Å². The lowest BCUT2D eigenvalue weighted by Crippen LogP contribution is -2.32. The largest absolute Gasteiger partial charge is 0.457 e. The smallest absolute Gasteiger partial charge is 0.351 e. The number of carbonyl (C=O) groups excluding carboxylic acids is 3. The van der Waals surface area contributed by atoms with Crippen LogP contribution in [0, 0.1) is 0 Å². The van der Waals surface area contributed by atoms with Gasteiger partial charge in [-0.3, -0.25) is 4.79 Å². The molecule has 1 aromatic heterocycles. The van der Waals surface area contributed by atoms with Gasteiger partial charge >= 0.3 is 11.9 Å².